The van der Waals surface area contributed by atoms with Crippen molar-refractivity contribution >= 4 is 29.0 Å². The molecule has 25 heavy (non-hydrogen) atoms. The summed E-state index contributed by atoms with van der Waals surface area (Å²) in [6.07, 6.45) is 3.37. The van der Waals surface area contributed by atoms with E-state index in [2.05, 4.69) is 15.3 Å². The van der Waals surface area contributed by atoms with E-state index in [1.807, 2.05) is 26.0 Å². The molecule has 0 aliphatic heterocycles. The zero-order chi connectivity index (χ0) is 18.0. The molecule has 128 valence electrons. The summed E-state index contributed by atoms with van der Waals surface area (Å²) < 4.78 is 1.84. The number of carbonyl (C=O) groups excluding carboxylic acids is 1. The zero-order valence-electron chi connectivity index (χ0n) is 13.9. The lowest BCUT2D eigenvalue weighted by molar-refractivity contribution is 0.0940. The van der Waals surface area contributed by atoms with Crippen LogP contribution in [0.5, 0.6) is 0 Å². The molecule has 1 aromatic carbocycles. The van der Waals surface area contributed by atoms with Gasteiger partial charge < -0.3 is 10.3 Å². The monoisotopic (exact) mass is 354 g/mol. The van der Waals surface area contributed by atoms with Crippen molar-refractivity contribution in [1.82, 2.24) is 19.9 Å². The molecule has 7 heteroatoms. The second-order valence-electron chi connectivity index (χ2n) is 5.72. The number of amides is 1. The minimum Gasteiger partial charge on any atom is -0.346 e. The lowest BCUT2D eigenvalue weighted by atomic mass is 10.1. The van der Waals surface area contributed by atoms with E-state index < -0.39 is 0 Å². The molecule has 1 atom stereocenters. The number of carbonyl (C=O) groups is 1. The third-order valence-corrected chi connectivity index (χ3v) is 4.44. The van der Waals surface area contributed by atoms with E-state index in [9.17, 15) is 9.59 Å². The lowest BCUT2D eigenvalue weighted by Gasteiger charge is -2.14. The first-order valence-corrected chi connectivity index (χ1v) is 8.39. The second kappa shape index (κ2) is 6.98. The van der Waals surface area contributed by atoms with Crippen LogP contribution in [0.3, 0.4) is 0 Å². The fourth-order valence-electron chi connectivity index (χ4n) is 2.70. The summed E-state index contributed by atoms with van der Waals surface area (Å²) in [7, 11) is 0. The molecular weight excluding hydrogens is 336 g/mol. The highest BCUT2D eigenvalue weighted by Gasteiger charge is 2.13. The van der Waals surface area contributed by atoms with Crippen molar-refractivity contribution in [3.05, 3.63) is 69.0 Å². The van der Waals surface area contributed by atoms with Gasteiger partial charge in [-0.3, -0.25) is 19.1 Å². The summed E-state index contributed by atoms with van der Waals surface area (Å²) in [5.41, 5.74) is 1.84. The molecule has 2 N–H and O–H groups in total. The lowest BCUT2D eigenvalue weighted by Crippen LogP contribution is -2.27. The largest absolute Gasteiger partial charge is 0.346 e. The normalized spacial score (nSPS) is 12.1. The van der Waals surface area contributed by atoms with Crippen molar-refractivity contribution in [2.45, 2.75) is 26.4 Å². The maximum absolute atomic E-state index is 12.5. The number of aromatic amines is 1. The molecule has 3 rings (SSSR count). The summed E-state index contributed by atoms with van der Waals surface area (Å²) in [4.78, 5) is 31.9. The van der Waals surface area contributed by atoms with Gasteiger partial charge in [0.25, 0.3) is 11.5 Å². The van der Waals surface area contributed by atoms with Gasteiger partial charge in [-0.15, -0.1) is 0 Å². The summed E-state index contributed by atoms with van der Waals surface area (Å²) in [5, 5.41) is 3.45. The third-order valence-electron chi connectivity index (χ3n) is 4.11. The molecule has 0 unspecified atom stereocenters. The number of H-pyrrole nitrogens is 1. The number of nitrogens with zero attached hydrogens (tertiary/aromatic N) is 2. The van der Waals surface area contributed by atoms with Gasteiger partial charge in [-0.1, -0.05) is 0 Å². The van der Waals surface area contributed by atoms with Crippen LogP contribution in [0.25, 0.3) is 10.9 Å². The second-order valence-corrected chi connectivity index (χ2v) is 6.10. The number of hydrogen-bond donors (Lipinski definition) is 2. The first kappa shape index (κ1) is 17.0. The highest BCUT2D eigenvalue weighted by atomic mass is 32.1. The quantitative estimate of drug-likeness (QED) is 0.706. The Bertz CT molecular complexity index is 1040. The Hall–Kier alpha value is -2.80. The molecule has 3 aromatic rings. The minimum absolute atomic E-state index is 0.154. The molecule has 2 heterocycles. The molecule has 0 aliphatic carbocycles. The summed E-state index contributed by atoms with van der Waals surface area (Å²) in [5.74, 6) is -0.217. The Morgan fingerprint density at radius 1 is 1.32 bits per heavy atom. The number of aromatic nitrogens is 3. The highest BCUT2D eigenvalue weighted by molar-refractivity contribution is 7.71. The van der Waals surface area contributed by atoms with Crippen LogP contribution < -0.4 is 10.9 Å². The average molecular weight is 354 g/mol. The Morgan fingerprint density at radius 3 is 2.72 bits per heavy atom. The number of benzene rings is 1. The minimum atomic E-state index is -0.217. The summed E-state index contributed by atoms with van der Waals surface area (Å²) >= 11 is 5.21. The molecule has 6 nitrogen and oxygen atoms in total. The van der Waals surface area contributed by atoms with E-state index in [0.717, 1.165) is 5.56 Å². The molecular formula is C18H18N4O2S. The van der Waals surface area contributed by atoms with Crippen molar-refractivity contribution < 1.29 is 4.79 Å². The topological polar surface area (TPSA) is 79.8 Å². The van der Waals surface area contributed by atoms with Crippen LogP contribution >= 0.6 is 12.2 Å². The number of rotatable bonds is 4. The number of fused-ring (bicyclic) bond motifs is 1. The Balaban J connectivity index is 1.93. The molecule has 2 aromatic heterocycles. The van der Waals surface area contributed by atoms with Crippen molar-refractivity contribution in [3.63, 3.8) is 0 Å². The number of hydrogen-bond acceptors (Lipinski definition) is 4. The maximum Gasteiger partial charge on any atom is 0.262 e. The number of nitrogens with one attached hydrogen (secondary N) is 2. The fourth-order valence-corrected chi connectivity index (χ4v) is 3.02. The molecule has 0 bridgehead atoms. The van der Waals surface area contributed by atoms with Gasteiger partial charge in [-0.05, 0) is 62.0 Å². The van der Waals surface area contributed by atoms with Gasteiger partial charge in [-0.25, -0.2) is 0 Å². The maximum atomic E-state index is 12.5. The van der Waals surface area contributed by atoms with Gasteiger partial charge in [0, 0.05) is 24.5 Å². The number of pyridine rings is 1. The van der Waals surface area contributed by atoms with Crippen LogP contribution in [0.15, 0.2) is 47.5 Å². The van der Waals surface area contributed by atoms with Gasteiger partial charge in [-0.2, -0.15) is 0 Å². The van der Waals surface area contributed by atoms with E-state index in [-0.39, 0.29) is 17.5 Å². The van der Waals surface area contributed by atoms with Crippen LogP contribution in [0, 0.1) is 4.77 Å². The van der Waals surface area contributed by atoms with Crippen LogP contribution in [0.1, 0.15) is 35.8 Å². The molecule has 1 amide bonds. The fraction of sp³-hybridized carbons (Fsp3) is 0.222. The molecule has 0 radical (unpaired) electrons. The van der Waals surface area contributed by atoms with Gasteiger partial charge in [0.15, 0.2) is 4.77 Å². The van der Waals surface area contributed by atoms with Crippen LogP contribution in [0.4, 0.5) is 0 Å². The van der Waals surface area contributed by atoms with Crippen molar-refractivity contribution in [2.75, 3.05) is 0 Å². The first-order chi connectivity index (χ1) is 12.0. The summed E-state index contributed by atoms with van der Waals surface area (Å²) in [6.45, 7) is 4.26. The first-order valence-electron chi connectivity index (χ1n) is 7.99. The Labute approximate surface area is 149 Å². The zero-order valence-corrected chi connectivity index (χ0v) is 14.8. The molecule has 0 saturated carbocycles. The van der Waals surface area contributed by atoms with Crippen molar-refractivity contribution in [3.8, 4) is 0 Å². The van der Waals surface area contributed by atoms with Gasteiger partial charge in [0.1, 0.15) is 0 Å². The molecule has 0 saturated heterocycles. The van der Waals surface area contributed by atoms with Crippen LogP contribution in [0.2, 0.25) is 0 Å². The van der Waals surface area contributed by atoms with E-state index in [0.29, 0.717) is 27.8 Å². The van der Waals surface area contributed by atoms with Crippen molar-refractivity contribution in [2.24, 2.45) is 0 Å². The third kappa shape index (κ3) is 3.36. The van der Waals surface area contributed by atoms with Gasteiger partial charge >= 0.3 is 0 Å². The van der Waals surface area contributed by atoms with Crippen LogP contribution in [-0.4, -0.2) is 20.4 Å². The van der Waals surface area contributed by atoms with Crippen LogP contribution in [-0.2, 0) is 6.54 Å². The van der Waals surface area contributed by atoms with E-state index in [1.54, 1.807) is 30.6 Å². The molecule has 0 spiro atoms. The highest BCUT2D eigenvalue weighted by Crippen LogP contribution is 2.14. The van der Waals surface area contributed by atoms with E-state index in [4.69, 9.17) is 12.2 Å². The van der Waals surface area contributed by atoms with Gasteiger partial charge in [0.05, 0.1) is 16.9 Å². The van der Waals surface area contributed by atoms with Crippen molar-refractivity contribution in [1.29, 1.82) is 0 Å². The summed E-state index contributed by atoms with van der Waals surface area (Å²) in [6, 6.07) is 8.51. The standard InChI is InChI=1S/C18H18N4O2S/c1-3-22-17(24)14-5-4-13(10-15(14)21-18(22)25)16(23)20-11(2)12-6-8-19-9-7-12/h4-11H,3H2,1-2H3,(H,20,23)(H,21,25)/t11-/m1/s1. The smallest absolute Gasteiger partial charge is 0.262 e. The van der Waals surface area contributed by atoms with E-state index in [1.165, 1.54) is 4.57 Å². The molecule has 0 aliphatic rings. The average Bonchev–Trinajstić information content (AvgIpc) is 2.62. The predicted molar refractivity (Wildman–Crippen MR) is 99.2 cm³/mol. The Morgan fingerprint density at radius 2 is 2.04 bits per heavy atom. The SMILES string of the molecule is CCn1c(=S)[nH]c2cc(C(=O)N[C@H](C)c3ccncc3)ccc2c1=O. The van der Waals surface area contributed by atoms with Gasteiger partial charge in [0.2, 0.25) is 0 Å². The van der Waals surface area contributed by atoms with E-state index >= 15 is 0 Å². The predicted octanol–water partition coefficient (Wildman–Crippen LogP) is 2.96. The Kier molecular flexibility index (Phi) is 4.76. The molecule has 0 fully saturated rings.